The summed E-state index contributed by atoms with van der Waals surface area (Å²) in [7, 11) is 0. The molecule has 1 saturated heterocycles. The summed E-state index contributed by atoms with van der Waals surface area (Å²) in [6.07, 6.45) is -19.6. The highest BCUT2D eigenvalue weighted by atomic mass is 16.8. The molecule has 2 fully saturated rings. The van der Waals surface area contributed by atoms with E-state index >= 15 is 0 Å². The summed E-state index contributed by atoms with van der Waals surface area (Å²) >= 11 is 0. The molecule has 2 aliphatic rings. The fourth-order valence-electron chi connectivity index (χ4n) is 5.36. The lowest BCUT2D eigenvalue weighted by atomic mass is 9.83. The van der Waals surface area contributed by atoms with Crippen LogP contribution in [0.2, 0.25) is 0 Å². The van der Waals surface area contributed by atoms with Gasteiger partial charge in [-0.05, 0) is 0 Å². The van der Waals surface area contributed by atoms with Gasteiger partial charge in [0.1, 0.15) is 18.8 Å². The van der Waals surface area contributed by atoms with E-state index in [2.05, 4.69) is 0 Å². The molecule has 2 unspecified atom stereocenters. The second-order valence-electron chi connectivity index (χ2n) is 11.0. The maximum Gasteiger partial charge on any atom is 0.303 e. The van der Waals surface area contributed by atoms with E-state index in [1.807, 2.05) is 0 Å². The van der Waals surface area contributed by atoms with Crippen LogP contribution >= 0.6 is 0 Å². The molecule has 0 aromatic heterocycles. The van der Waals surface area contributed by atoms with Gasteiger partial charge >= 0.3 is 53.7 Å². The van der Waals surface area contributed by atoms with Crippen LogP contribution < -0.4 is 0 Å². The Bertz CT molecular complexity index is 1280. The molecule has 50 heavy (non-hydrogen) atoms. The minimum Gasteiger partial charge on any atom is -0.463 e. The fraction of sp³-hybridized carbons (Fsp3) is 0.700. The van der Waals surface area contributed by atoms with E-state index in [-0.39, 0.29) is 0 Å². The number of hydrogen-bond donors (Lipinski definition) is 0. The van der Waals surface area contributed by atoms with Gasteiger partial charge < -0.3 is 52.1 Å². The van der Waals surface area contributed by atoms with Crippen LogP contribution in [0.25, 0.3) is 0 Å². The lowest BCUT2D eigenvalue weighted by Crippen LogP contribution is -2.70. The Balaban J connectivity index is 2.89. The van der Waals surface area contributed by atoms with Crippen molar-refractivity contribution in [3.8, 4) is 0 Å². The quantitative estimate of drug-likeness (QED) is 0.175. The summed E-state index contributed by atoms with van der Waals surface area (Å²) < 4.78 is 60.5. The van der Waals surface area contributed by atoms with E-state index in [0.717, 1.165) is 62.3 Å². The summed E-state index contributed by atoms with van der Waals surface area (Å²) in [5.74, 6) is -8.68. The van der Waals surface area contributed by atoms with Gasteiger partial charge in [0.05, 0.1) is 0 Å². The predicted octanol–water partition coefficient (Wildman–Crippen LogP) is -0.873. The van der Waals surface area contributed by atoms with Gasteiger partial charge in [-0.25, -0.2) is 0 Å². The molecular weight excluding hydrogens is 680 g/mol. The number of ether oxygens (including phenoxy) is 11. The molecule has 1 saturated carbocycles. The van der Waals surface area contributed by atoms with Gasteiger partial charge in [0, 0.05) is 62.3 Å². The number of carbonyl (C=O) groups excluding carboxylic acids is 9. The lowest BCUT2D eigenvalue weighted by Gasteiger charge is -2.50. The Labute approximate surface area is 285 Å². The van der Waals surface area contributed by atoms with Crippen molar-refractivity contribution in [2.24, 2.45) is 0 Å². The second-order valence-corrected chi connectivity index (χ2v) is 11.0. The van der Waals surface area contributed by atoms with Crippen LogP contribution in [-0.2, 0) is 95.3 Å². The van der Waals surface area contributed by atoms with E-state index in [1.54, 1.807) is 0 Å². The second kappa shape index (κ2) is 18.2. The first kappa shape index (κ1) is 41.3. The van der Waals surface area contributed by atoms with Gasteiger partial charge in [0.2, 0.25) is 0 Å². The van der Waals surface area contributed by atoms with Crippen molar-refractivity contribution >= 4 is 53.7 Å². The maximum atomic E-state index is 12.5. The lowest BCUT2D eigenvalue weighted by molar-refractivity contribution is -0.343. The number of rotatable bonds is 12. The smallest absolute Gasteiger partial charge is 0.303 e. The molecule has 0 aromatic carbocycles. The molecule has 0 aromatic rings. The van der Waals surface area contributed by atoms with Crippen LogP contribution in [0.3, 0.4) is 0 Å². The summed E-state index contributed by atoms with van der Waals surface area (Å²) in [5, 5.41) is 0. The molecule has 20 nitrogen and oxygen atoms in total. The monoisotopic (exact) mass is 720 g/mol. The standard InChI is InChI=1S/C30H40O20/c1-11(31)40-10-20-21(41-12(2)32)22(42-13(3)33)29(48-19(9)39)30(49-20)50-28-26(46-17(7)37)24(44-15(5)35)23(43-14(4)34)25(45-16(6)36)27(28)47-18(8)38/h20-30H,10H2,1-9H3/t20-,21+,22+,23?,24-,25+,26+,27+,28?,29-,30-/m1/s1. The number of carbonyl (C=O) groups is 9. The van der Waals surface area contributed by atoms with Gasteiger partial charge in [0.15, 0.2) is 55.1 Å². The van der Waals surface area contributed by atoms with E-state index < -0.39 is 128 Å². The molecule has 1 aliphatic carbocycles. The van der Waals surface area contributed by atoms with E-state index in [4.69, 9.17) is 52.1 Å². The molecule has 20 heteroatoms. The largest absolute Gasteiger partial charge is 0.463 e. The van der Waals surface area contributed by atoms with Crippen molar-refractivity contribution in [2.75, 3.05) is 6.61 Å². The minimum atomic E-state index is -1.96. The average Bonchev–Trinajstić information content (AvgIpc) is 2.94. The summed E-state index contributed by atoms with van der Waals surface area (Å²) in [4.78, 5) is 110. The van der Waals surface area contributed by atoms with E-state index in [1.165, 1.54) is 0 Å². The molecule has 0 N–H and O–H groups in total. The van der Waals surface area contributed by atoms with Crippen molar-refractivity contribution in [1.82, 2.24) is 0 Å². The fourth-order valence-corrected chi connectivity index (χ4v) is 5.36. The van der Waals surface area contributed by atoms with Gasteiger partial charge in [-0.15, -0.1) is 0 Å². The zero-order valence-corrected chi connectivity index (χ0v) is 28.7. The zero-order chi connectivity index (χ0) is 38.0. The molecular formula is C30H40O20. The van der Waals surface area contributed by atoms with Crippen molar-refractivity contribution in [3.63, 3.8) is 0 Å². The molecule has 0 bridgehead atoms. The molecule has 0 spiro atoms. The highest BCUT2D eigenvalue weighted by molar-refractivity contribution is 5.71. The highest BCUT2D eigenvalue weighted by Crippen LogP contribution is 2.38. The van der Waals surface area contributed by atoms with Gasteiger partial charge in [-0.3, -0.25) is 43.2 Å². The topological polar surface area (TPSA) is 255 Å². The Kier molecular flexibility index (Phi) is 15.1. The van der Waals surface area contributed by atoms with Crippen LogP contribution in [-0.4, -0.2) is 128 Å². The van der Waals surface area contributed by atoms with Crippen LogP contribution in [0.15, 0.2) is 0 Å². The molecule has 0 amide bonds. The third kappa shape index (κ3) is 11.9. The molecule has 1 heterocycles. The van der Waals surface area contributed by atoms with E-state index in [9.17, 15) is 43.2 Å². The maximum absolute atomic E-state index is 12.5. The van der Waals surface area contributed by atoms with Crippen molar-refractivity contribution < 1.29 is 95.3 Å². The SMILES string of the molecule is CC(=O)OC[C@H]1O[C@H](OC2[C@@H](OC(C)=O)[C@H](OC(C)=O)C(OC(C)=O)[C@H](OC(C)=O)[C@@H]2OC(C)=O)[C@H](OC(C)=O)[C@@H](OC(C)=O)[C@H]1OC(C)=O. The third-order valence-corrected chi connectivity index (χ3v) is 6.69. The first-order valence-corrected chi connectivity index (χ1v) is 15.0. The molecule has 1 aliphatic heterocycles. The first-order chi connectivity index (χ1) is 23.2. The van der Waals surface area contributed by atoms with Crippen LogP contribution in [0.4, 0.5) is 0 Å². The summed E-state index contributed by atoms with van der Waals surface area (Å²) in [6, 6.07) is 0. The summed E-state index contributed by atoms with van der Waals surface area (Å²) in [5.41, 5.74) is 0. The molecule has 11 atom stereocenters. The molecule has 2 rings (SSSR count). The van der Waals surface area contributed by atoms with Crippen LogP contribution in [0.1, 0.15) is 62.3 Å². The van der Waals surface area contributed by atoms with Gasteiger partial charge in [-0.2, -0.15) is 0 Å². The Morgan fingerprint density at radius 2 is 0.620 bits per heavy atom. The zero-order valence-electron chi connectivity index (χ0n) is 28.7. The Morgan fingerprint density at radius 3 is 0.920 bits per heavy atom. The average molecular weight is 721 g/mol. The Morgan fingerprint density at radius 1 is 0.360 bits per heavy atom. The number of hydrogen-bond acceptors (Lipinski definition) is 20. The molecule has 0 radical (unpaired) electrons. The van der Waals surface area contributed by atoms with Crippen molar-refractivity contribution in [3.05, 3.63) is 0 Å². The Hall–Kier alpha value is -4.85. The normalized spacial score (nSPS) is 30.3. The van der Waals surface area contributed by atoms with E-state index in [0.29, 0.717) is 0 Å². The highest BCUT2D eigenvalue weighted by Gasteiger charge is 2.62. The third-order valence-electron chi connectivity index (χ3n) is 6.69. The van der Waals surface area contributed by atoms with Gasteiger partial charge in [0.25, 0.3) is 0 Å². The molecule has 280 valence electrons. The van der Waals surface area contributed by atoms with Gasteiger partial charge in [-0.1, -0.05) is 0 Å². The van der Waals surface area contributed by atoms with Crippen LogP contribution in [0, 0.1) is 0 Å². The first-order valence-electron chi connectivity index (χ1n) is 15.0. The number of esters is 9. The van der Waals surface area contributed by atoms with Crippen molar-refractivity contribution in [1.29, 1.82) is 0 Å². The minimum absolute atomic E-state index is 0.649. The predicted molar refractivity (Wildman–Crippen MR) is 155 cm³/mol. The van der Waals surface area contributed by atoms with Crippen LogP contribution in [0.5, 0.6) is 0 Å². The summed E-state index contributed by atoms with van der Waals surface area (Å²) in [6.45, 7) is 8.17. The van der Waals surface area contributed by atoms with Crippen molar-refractivity contribution in [2.45, 2.75) is 130 Å².